The maximum absolute atomic E-state index is 13.7. The van der Waals surface area contributed by atoms with Crippen molar-refractivity contribution in [1.82, 2.24) is 4.90 Å². The van der Waals surface area contributed by atoms with E-state index in [4.69, 9.17) is 0 Å². The molecule has 4 aliphatic carbocycles. The third-order valence-corrected chi connectivity index (χ3v) is 9.48. The van der Waals surface area contributed by atoms with Gasteiger partial charge in [-0.15, -0.1) is 0 Å². The normalized spacial score (nSPS) is 39.5. The molecule has 0 saturated heterocycles. The van der Waals surface area contributed by atoms with Gasteiger partial charge in [-0.1, -0.05) is 51.8 Å². The standard InChI is InChI=1S/C28H43NO2/c1-6-14-29(15-7-2)18-25(31)26-19(3)16-24-22-9-8-20-17-21(30)10-12-27(20,4)23(22)11-13-28(24,26)5/h11,17,19,22,24,26H,6-10,12-16,18H2,1-5H3/t19-,22-,24+,26-,27+,28+/m1/s1. The first-order chi connectivity index (χ1) is 14.7. The summed E-state index contributed by atoms with van der Waals surface area (Å²) in [5.74, 6) is 2.66. The van der Waals surface area contributed by atoms with Crippen LogP contribution < -0.4 is 0 Å². The second kappa shape index (κ2) is 8.61. The summed E-state index contributed by atoms with van der Waals surface area (Å²) in [5.41, 5.74) is 3.17. The van der Waals surface area contributed by atoms with E-state index in [9.17, 15) is 9.59 Å². The summed E-state index contributed by atoms with van der Waals surface area (Å²) < 4.78 is 0. The van der Waals surface area contributed by atoms with Crippen molar-refractivity contribution in [2.45, 2.75) is 86.0 Å². The minimum atomic E-state index is 0.0859. The Morgan fingerprint density at radius 2 is 1.87 bits per heavy atom. The summed E-state index contributed by atoms with van der Waals surface area (Å²) in [4.78, 5) is 28.1. The fourth-order valence-electron chi connectivity index (χ4n) is 8.13. The summed E-state index contributed by atoms with van der Waals surface area (Å²) in [6.07, 6.45) is 12.8. The first-order valence-corrected chi connectivity index (χ1v) is 12.9. The molecule has 3 heteroatoms. The van der Waals surface area contributed by atoms with Gasteiger partial charge in [0.1, 0.15) is 0 Å². The fourth-order valence-corrected chi connectivity index (χ4v) is 8.13. The van der Waals surface area contributed by atoms with Crippen molar-refractivity contribution in [3.05, 3.63) is 23.3 Å². The van der Waals surface area contributed by atoms with Crippen LogP contribution in [0.25, 0.3) is 0 Å². The maximum Gasteiger partial charge on any atom is 0.155 e. The third kappa shape index (κ3) is 3.79. The van der Waals surface area contributed by atoms with Gasteiger partial charge in [0.25, 0.3) is 0 Å². The minimum absolute atomic E-state index is 0.0859. The van der Waals surface area contributed by atoms with Gasteiger partial charge in [0.15, 0.2) is 11.6 Å². The number of allylic oxidation sites excluding steroid dienone is 4. The largest absolute Gasteiger partial charge is 0.298 e. The van der Waals surface area contributed by atoms with Crippen molar-refractivity contribution in [3.8, 4) is 0 Å². The summed E-state index contributed by atoms with van der Waals surface area (Å²) in [6.45, 7) is 14.3. The SMILES string of the molecule is CCCN(CCC)CC(=O)[C@H]1[C@H](C)C[C@H]2[C@@H]3CCC4=CC(=O)CC[C@]4(C)C3=CC[C@@]21C. The molecule has 31 heavy (non-hydrogen) atoms. The van der Waals surface area contributed by atoms with E-state index < -0.39 is 0 Å². The van der Waals surface area contributed by atoms with E-state index in [2.05, 4.69) is 45.6 Å². The first kappa shape index (κ1) is 23.0. The third-order valence-electron chi connectivity index (χ3n) is 9.48. The molecule has 0 N–H and O–H groups in total. The molecule has 4 rings (SSSR count). The highest BCUT2D eigenvalue weighted by Gasteiger charge is 2.59. The number of carbonyl (C=O) groups excluding carboxylic acids is 2. The lowest BCUT2D eigenvalue weighted by Gasteiger charge is -2.53. The molecule has 3 nitrogen and oxygen atoms in total. The van der Waals surface area contributed by atoms with Crippen LogP contribution in [0.4, 0.5) is 0 Å². The number of Topliss-reactive ketones (excluding diaryl/α,β-unsaturated/α-hetero) is 1. The van der Waals surface area contributed by atoms with Crippen LogP contribution in [-0.4, -0.2) is 36.1 Å². The average Bonchev–Trinajstić information content (AvgIpc) is 2.99. The number of ketones is 2. The van der Waals surface area contributed by atoms with Crippen molar-refractivity contribution in [3.63, 3.8) is 0 Å². The molecule has 0 spiro atoms. The number of rotatable bonds is 7. The van der Waals surface area contributed by atoms with Crippen LogP contribution in [0.1, 0.15) is 86.0 Å². The van der Waals surface area contributed by atoms with Crippen molar-refractivity contribution in [2.24, 2.45) is 34.5 Å². The monoisotopic (exact) mass is 425 g/mol. The van der Waals surface area contributed by atoms with E-state index in [1.807, 2.05) is 6.08 Å². The quantitative estimate of drug-likeness (QED) is 0.470. The number of hydrogen-bond acceptors (Lipinski definition) is 3. The zero-order valence-corrected chi connectivity index (χ0v) is 20.5. The predicted octanol–water partition coefficient (Wildman–Crippen LogP) is 5.99. The molecule has 0 heterocycles. The summed E-state index contributed by atoms with van der Waals surface area (Å²) in [7, 11) is 0. The van der Waals surface area contributed by atoms with Crippen LogP contribution in [0.5, 0.6) is 0 Å². The Balaban J connectivity index is 1.60. The first-order valence-electron chi connectivity index (χ1n) is 12.9. The smallest absolute Gasteiger partial charge is 0.155 e. The molecule has 172 valence electrons. The lowest BCUT2D eigenvalue weighted by molar-refractivity contribution is -0.129. The van der Waals surface area contributed by atoms with Gasteiger partial charge in [0.2, 0.25) is 0 Å². The molecule has 0 unspecified atom stereocenters. The molecular weight excluding hydrogens is 382 g/mol. The highest BCUT2D eigenvalue weighted by atomic mass is 16.1. The minimum Gasteiger partial charge on any atom is -0.298 e. The van der Waals surface area contributed by atoms with Gasteiger partial charge in [0, 0.05) is 17.8 Å². The van der Waals surface area contributed by atoms with Crippen molar-refractivity contribution in [2.75, 3.05) is 19.6 Å². The van der Waals surface area contributed by atoms with Gasteiger partial charge in [-0.2, -0.15) is 0 Å². The molecule has 6 atom stereocenters. The van der Waals surface area contributed by atoms with Crippen LogP contribution in [0.2, 0.25) is 0 Å². The van der Waals surface area contributed by atoms with E-state index in [-0.39, 0.29) is 16.7 Å². The number of hydrogen-bond donors (Lipinski definition) is 0. The van der Waals surface area contributed by atoms with Crippen LogP contribution in [0.15, 0.2) is 23.3 Å². The molecule has 2 fully saturated rings. The Bertz CT molecular complexity index is 789. The number of fused-ring (bicyclic) bond motifs is 5. The predicted molar refractivity (Wildman–Crippen MR) is 127 cm³/mol. The Morgan fingerprint density at radius 1 is 1.16 bits per heavy atom. The van der Waals surface area contributed by atoms with E-state index in [0.717, 1.165) is 51.6 Å². The summed E-state index contributed by atoms with van der Waals surface area (Å²) in [6, 6.07) is 0. The van der Waals surface area contributed by atoms with Crippen LogP contribution in [0.3, 0.4) is 0 Å². The molecule has 0 aliphatic heterocycles. The van der Waals surface area contributed by atoms with E-state index in [1.165, 1.54) is 12.0 Å². The van der Waals surface area contributed by atoms with Crippen molar-refractivity contribution in [1.29, 1.82) is 0 Å². The molecule has 0 aromatic heterocycles. The molecule has 0 aromatic rings. The van der Waals surface area contributed by atoms with E-state index in [1.54, 1.807) is 5.57 Å². The van der Waals surface area contributed by atoms with Gasteiger partial charge in [-0.05, 0) is 87.3 Å². The molecule has 0 aromatic carbocycles. The average molecular weight is 426 g/mol. The molecular formula is C28H43NO2. The topological polar surface area (TPSA) is 37.4 Å². The van der Waals surface area contributed by atoms with Crippen LogP contribution in [-0.2, 0) is 9.59 Å². The lowest BCUT2D eigenvalue weighted by Crippen LogP contribution is -2.47. The van der Waals surface area contributed by atoms with Gasteiger partial charge in [-0.3, -0.25) is 14.5 Å². The van der Waals surface area contributed by atoms with Crippen molar-refractivity contribution >= 4 is 11.6 Å². The molecule has 2 saturated carbocycles. The molecule has 0 amide bonds. The second-order valence-corrected chi connectivity index (χ2v) is 11.5. The molecule has 0 radical (unpaired) electrons. The molecule has 4 aliphatic rings. The lowest BCUT2D eigenvalue weighted by atomic mass is 9.51. The highest BCUT2D eigenvalue weighted by molar-refractivity contribution is 5.92. The number of carbonyl (C=O) groups is 2. The maximum atomic E-state index is 13.7. The fraction of sp³-hybridized carbons (Fsp3) is 0.786. The zero-order chi connectivity index (χ0) is 22.4. The zero-order valence-electron chi connectivity index (χ0n) is 20.5. The molecule has 0 bridgehead atoms. The van der Waals surface area contributed by atoms with Gasteiger partial charge < -0.3 is 0 Å². The Morgan fingerprint density at radius 3 is 2.55 bits per heavy atom. The van der Waals surface area contributed by atoms with E-state index >= 15 is 0 Å². The highest BCUT2D eigenvalue weighted by Crippen LogP contribution is 2.65. The van der Waals surface area contributed by atoms with Crippen LogP contribution in [0, 0.1) is 34.5 Å². The Kier molecular flexibility index (Phi) is 6.38. The van der Waals surface area contributed by atoms with Gasteiger partial charge in [0.05, 0.1) is 6.54 Å². The van der Waals surface area contributed by atoms with Gasteiger partial charge in [-0.25, -0.2) is 0 Å². The second-order valence-electron chi connectivity index (χ2n) is 11.5. The Labute approximate surface area is 189 Å². The van der Waals surface area contributed by atoms with Crippen LogP contribution >= 0.6 is 0 Å². The van der Waals surface area contributed by atoms with Gasteiger partial charge >= 0.3 is 0 Å². The summed E-state index contributed by atoms with van der Waals surface area (Å²) >= 11 is 0. The Hall–Kier alpha value is -1.22. The van der Waals surface area contributed by atoms with E-state index in [0.29, 0.717) is 42.3 Å². The number of nitrogens with zero attached hydrogens (tertiary/aromatic N) is 1. The van der Waals surface area contributed by atoms with Crippen molar-refractivity contribution < 1.29 is 9.59 Å². The summed E-state index contributed by atoms with van der Waals surface area (Å²) in [5, 5.41) is 0.